The van der Waals surface area contributed by atoms with Crippen LogP contribution in [0.15, 0.2) is 34.3 Å². The van der Waals surface area contributed by atoms with Crippen LogP contribution < -0.4 is 11.2 Å². The van der Waals surface area contributed by atoms with Crippen LogP contribution in [0, 0.1) is 0 Å². The molecule has 0 spiro atoms. The minimum Gasteiger partial charge on any atom is -0.335 e. The fraction of sp³-hybridized carbons (Fsp3) is 0.400. The lowest BCUT2D eigenvalue weighted by atomic mass is 10.3. The summed E-state index contributed by atoms with van der Waals surface area (Å²) in [5, 5.41) is 8.48. The van der Waals surface area contributed by atoms with Crippen LogP contribution in [0.2, 0.25) is 0 Å². The molecule has 2 aromatic rings. The number of sulfonamides is 1. The van der Waals surface area contributed by atoms with Crippen LogP contribution in [0.4, 0.5) is 18.9 Å². The van der Waals surface area contributed by atoms with Crippen molar-refractivity contribution < 1.29 is 26.4 Å². The van der Waals surface area contributed by atoms with E-state index in [0.717, 1.165) is 0 Å². The van der Waals surface area contributed by atoms with Gasteiger partial charge in [-0.15, -0.1) is 10.2 Å². The Bertz CT molecular complexity index is 974. The maximum absolute atomic E-state index is 12.6. The second-order valence-electron chi connectivity index (χ2n) is 5.63. The van der Waals surface area contributed by atoms with Crippen LogP contribution in [0.5, 0.6) is 0 Å². The number of aromatic nitrogens is 3. The molecule has 0 atom stereocenters. The molecule has 0 fully saturated rings. The van der Waals surface area contributed by atoms with Gasteiger partial charge in [0.05, 0.1) is 10.6 Å². The molecule has 0 aliphatic carbocycles. The highest BCUT2D eigenvalue weighted by Gasteiger charge is 2.38. The molecule has 0 saturated heterocycles. The third kappa shape index (κ3) is 5.39. The molecule has 29 heavy (non-hydrogen) atoms. The number of amides is 1. The van der Waals surface area contributed by atoms with E-state index in [1.807, 2.05) is 0 Å². The number of halogens is 3. The van der Waals surface area contributed by atoms with Crippen LogP contribution in [0.25, 0.3) is 0 Å². The Labute approximate surface area is 169 Å². The van der Waals surface area contributed by atoms with E-state index in [1.54, 1.807) is 13.8 Å². The van der Waals surface area contributed by atoms with E-state index in [0.29, 0.717) is 24.9 Å². The first-order chi connectivity index (χ1) is 13.5. The van der Waals surface area contributed by atoms with Gasteiger partial charge < -0.3 is 11.2 Å². The van der Waals surface area contributed by atoms with Crippen molar-refractivity contribution in [2.75, 3.05) is 30.0 Å². The summed E-state index contributed by atoms with van der Waals surface area (Å²) in [5.74, 6) is 3.03. The van der Waals surface area contributed by atoms with E-state index in [9.17, 15) is 26.4 Å². The fourth-order valence-electron chi connectivity index (χ4n) is 2.34. The summed E-state index contributed by atoms with van der Waals surface area (Å²) < 4.78 is 64.6. The number of hydrogen-bond donors (Lipinski definition) is 2. The quantitative estimate of drug-likeness (QED) is 0.462. The number of benzene rings is 1. The maximum Gasteiger partial charge on any atom is 0.453 e. The molecule has 0 radical (unpaired) electrons. The first-order valence-electron chi connectivity index (χ1n) is 8.31. The molecule has 0 aliphatic rings. The number of carbonyl (C=O) groups excluding carboxylic acids is 1. The molecule has 2 rings (SSSR count). The van der Waals surface area contributed by atoms with Gasteiger partial charge in [0, 0.05) is 18.8 Å². The number of hydrogen-bond acceptors (Lipinski definition) is 7. The van der Waals surface area contributed by atoms with E-state index in [-0.39, 0.29) is 26.2 Å². The van der Waals surface area contributed by atoms with Crippen molar-refractivity contribution in [3.05, 3.63) is 30.1 Å². The lowest BCUT2D eigenvalue weighted by molar-refractivity contribution is -0.146. The average Bonchev–Trinajstić information content (AvgIpc) is 3.02. The number of nitrogens with one attached hydrogen (secondary N) is 1. The zero-order valence-electron chi connectivity index (χ0n) is 15.5. The van der Waals surface area contributed by atoms with E-state index < -0.39 is 27.9 Å². The third-order valence-electron chi connectivity index (χ3n) is 3.71. The topological polar surface area (TPSA) is 123 Å². The zero-order chi connectivity index (χ0) is 21.8. The molecule has 1 aromatic heterocycles. The van der Waals surface area contributed by atoms with Crippen molar-refractivity contribution in [3.8, 4) is 0 Å². The van der Waals surface area contributed by atoms with E-state index in [4.69, 9.17) is 5.84 Å². The van der Waals surface area contributed by atoms with Crippen molar-refractivity contribution >= 4 is 33.4 Å². The van der Waals surface area contributed by atoms with Crippen molar-refractivity contribution in [3.63, 3.8) is 0 Å². The van der Waals surface area contributed by atoms with Crippen LogP contribution in [-0.4, -0.2) is 52.3 Å². The highest BCUT2D eigenvalue weighted by molar-refractivity contribution is 7.99. The highest BCUT2D eigenvalue weighted by Crippen LogP contribution is 2.29. The Kier molecular flexibility index (Phi) is 7.13. The molecule has 0 unspecified atom stereocenters. The second kappa shape index (κ2) is 9.00. The molecule has 1 amide bonds. The van der Waals surface area contributed by atoms with Gasteiger partial charge in [0.25, 0.3) is 5.82 Å². The Hall–Kier alpha value is -2.32. The maximum atomic E-state index is 12.6. The van der Waals surface area contributed by atoms with Gasteiger partial charge >= 0.3 is 6.18 Å². The summed E-state index contributed by atoms with van der Waals surface area (Å²) >= 11 is 0.659. The Morgan fingerprint density at radius 2 is 1.93 bits per heavy atom. The number of nitrogens with two attached hydrogens (primary N) is 1. The summed E-state index contributed by atoms with van der Waals surface area (Å²) in [6.45, 7) is 4.02. The van der Waals surface area contributed by atoms with E-state index >= 15 is 0 Å². The van der Waals surface area contributed by atoms with Crippen molar-refractivity contribution in [2.45, 2.75) is 30.1 Å². The monoisotopic (exact) mass is 452 g/mol. The molecule has 0 saturated carbocycles. The Balaban J connectivity index is 2.06. The SMILES string of the molecule is CCN(CC)S(=O)(=O)c1cccc(NC(=O)CSc2nnc(C(F)(F)F)n2N)c1. The first kappa shape index (κ1) is 23.0. The van der Waals surface area contributed by atoms with Gasteiger partial charge in [-0.3, -0.25) is 4.79 Å². The van der Waals surface area contributed by atoms with Crippen LogP contribution in [-0.2, 0) is 21.0 Å². The lowest BCUT2D eigenvalue weighted by Gasteiger charge is -2.18. The number of anilines is 1. The van der Waals surface area contributed by atoms with Crippen LogP contribution in [0.1, 0.15) is 19.7 Å². The van der Waals surface area contributed by atoms with Gasteiger partial charge in [-0.1, -0.05) is 31.7 Å². The number of thioether (sulfide) groups is 1. The van der Waals surface area contributed by atoms with Gasteiger partial charge in [0.1, 0.15) is 0 Å². The van der Waals surface area contributed by atoms with Crippen LogP contribution >= 0.6 is 11.8 Å². The summed E-state index contributed by atoms with van der Waals surface area (Å²) in [5.41, 5.74) is 0.231. The summed E-state index contributed by atoms with van der Waals surface area (Å²) in [6.07, 6.45) is -4.76. The standard InChI is InChI=1S/C15H19F3N6O3S2/c1-3-23(4-2)29(26,27)11-7-5-6-10(8-11)20-12(25)9-28-14-22-21-13(24(14)19)15(16,17)18/h5-8H,3-4,9,19H2,1-2H3,(H,20,25). The van der Waals surface area contributed by atoms with E-state index in [1.165, 1.54) is 28.6 Å². The summed E-state index contributed by atoms with van der Waals surface area (Å²) in [7, 11) is -3.70. The molecule has 14 heteroatoms. The van der Waals surface area contributed by atoms with E-state index in [2.05, 4.69) is 15.5 Å². The fourth-order valence-corrected chi connectivity index (χ4v) is 4.50. The number of carbonyl (C=O) groups is 1. The van der Waals surface area contributed by atoms with Gasteiger partial charge in [0.2, 0.25) is 21.1 Å². The Morgan fingerprint density at radius 3 is 2.48 bits per heavy atom. The molecule has 3 N–H and O–H groups in total. The van der Waals surface area contributed by atoms with Crippen molar-refractivity contribution in [1.82, 2.24) is 19.2 Å². The second-order valence-corrected chi connectivity index (χ2v) is 8.51. The number of nitrogens with zero attached hydrogens (tertiary/aromatic N) is 4. The lowest BCUT2D eigenvalue weighted by Crippen LogP contribution is -2.30. The predicted molar refractivity (Wildman–Crippen MR) is 101 cm³/mol. The molecule has 1 heterocycles. The first-order valence-corrected chi connectivity index (χ1v) is 10.7. The average molecular weight is 452 g/mol. The molecular formula is C15H19F3N6O3S2. The van der Waals surface area contributed by atoms with Gasteiger partial charge in [-0.2, -0.15) is 17.5 Å². The number of nitrogen functional groups attached to an aromatic ring is 1. The predicted octanol–water partition coefficient (Wildman–Crippen LogP) is 1.77. The van der Waals surface area contributed by atoms with Gasteiger partial charge in [-0.05, 0) is 18.2 Å². The smallest absolute Gasteiger partial charge is 0.335 e. The number of alkyl halides is 3. The normalized spacial score (nSPS) is 12.3. The molecule has 9 nitrogen and oxygen atoms in total. The molecule has 1 aromatic carbocycles. The van der Waals surface area contributed by atoms with Gasteiger partial charge in [0.15, 0.2) is 0 Å². The molecule has 0 bridgehead atoms. The molecule has 160 valence electrons. The highest BCUT2D eigenvalue weighted by atomic mass is 32.2. The summed E-state index contributed by atoms with van der Waals surface area (Å²) in [4.78, 5) is 12.1. The Morgan fingerprint density at radius 1 is 1.28 bits per heavy atom. The van der Waals surface area contributed by atoms with Gasteiger partial charge in [-0.25, -0.2) is 13.1 Å². The number of rotatable bonds is 8. The minimum atomic E-state index is -4.76. The summed E-state index contributed by atoms with van der Waals surface area (Å²) in [6, 6.07) is 5.69. The molecular weight excluding hydrogens is 433 g/mol. The van der Waals surface area contributed by atoms with Crippen molar-refractivity contribution in [1.29, 1.82) is 0 Å². The van der Waals surface area contributed by atoms with Crippen LogP contribution in [0.3, 0.4) is 0 Å². The zero-order valence-corrected chi connectivity index (χ0v) is 17.1. The largest absolute Gasteiger partial charge is 0.453 e. The molecule has 0 aliphatic heterocycles. The van der Waals surface area contributed by atoms with Crippen molar-refractivity contribution in [2.24, 2.45) is 0 Å². The third-order valence-corrected chi connectivity index (χ3v) is 6.70. The minimum absolute atomic E-state index is 0.0168.